The monoisotopic (exact) mass is 376 g/mol. The van der Waals surface area contributed by atoms with Gasteiger partial charge in [0.05, 0.1) is 29.4 Å². The first kappa shape index (κ1) is 17.9. The number of aryl methyl sites for hydroxylation is 1. The Morgan fingerprint density at radius 1 is 1.32 bits per heavy atom. The Kier molecular flexibility index (Phi) is 4.89. The van der Waals surface area contributed by atoms with Gasteiger partial charge < -0.3 is 9.42 Å². The molecule has 0 unspecified atom stereocenters. The molecule has 0 saturated carbocycles. The van der Waals surface area contributed by atoms with Crippen molar-refractivity contribution in [1.82, 2.24) is 24.8 Å². The zero-order chi connectivity index (χ0) is 19.5. The fraction of sp³-hybridized carbons (Fsp3) is 0.350. The van der Waals surface area contributed by atoms with E-state index in [1.165, 1.54) is 0 Å². The van der Waals surface area contributed by atoms with Gasteiger partial charge in [-0.25, -0.2) is 0 Å². The highest BCUT2D eigenvalue weighted by atomic mass is 16.5. The Morgan fingerprint density at radius 3 is 3.00 bits per heavy atom. The average Bonchev–Trinajstić information content (AvgIpc) is 3.30. The predicted octanol–water partition coefficient (Wildman–Crippen LogP) is 3.10. The van der Waals surface area contributed by atoms with Gasteiger partial charge in [-0.1, -0.05) is 24.1 Å². The van der Waals surface area contributed by atoms with Crippen molar-refractivity contribution in [3.63, 3.8) is 0 Å². The summed E-state index contributed by atoms with van der Waals surface area (Å²) < 4.78 is 7.10. The van der Waals surface area contributed by atoms with Gasteiger partial charge in [-0.05, 0) is 31.0 Å². The number of amides is 1. The second-order valence-electron chi connectivity index (χ2n) is 6.92. The third-order valence-corrected chi connectivity index (χ3v) is 4.94. The number of carbonyl (C=O) groups excluding carboxylic acids is 1. The molecule has 3 heterocycles. The summed E-state index contributed by atoms with van der Waals surface area (Å²) in [4.78, 5) is 19.6. The molecule has 3 aromatic rings. The molecule has 142 valence electrons. The van der Waals surface area contributed by atoms with E-state index in [2.05, 4.69) is 21.3 Å². The summed E-state index contributed by atoms with van der Waals surface area (Å²) >= 11 is 0. The second-order valence-corrected chi connectivity index (χ2v) is 6.92. The van der Waals surface area contributed by atoms with Crippen LogP contribution in [0.25, 0.3) is 11.5 Å². The van der Waals surface area contributed by atoms with Gasteiger partial charge in [0.25, 0.3) is 11.8 Å². The van der Waals surface area contributed by atoms with E-state index in [1.54, 1.807) is 46.2 Å². The maximum Gasteiger partial charge on any atom is 0.261 e. The number of nitriles is 1. The minimum atomic E-state index is -0.255. The van der Waals surface area contributed by atoms with E-state index in [4.69, 9.17) is 9.78 Å². The van der Waals surface area contributed by atoms with Crippen molar-refractivity contribution < 1.29 is 9.32 Å². The number of likely N-dealkylation sites (tertiary alicyclic amines) is 1. The molecule has 0 radical (unpaired) electrons. The Bertz CT molecular complexity index is 1030. The van der Waals surface area contributed by atoms with Gasteiger partial charge in [-0.15, -0.1) is 0 Å². The average molecular weight is 376 g/mol. The first-order chi connectivity index (χ1) is 13.7. The Labute approximate surface area is 162 Å². The summed E-state index contributed by atoms with van der Waals surface area (Å²) in [7, 11) is 1.82. The van der Waals surface area contributed by atoms with E-state index in [0.717, 1.165) is 31.2 Å². The van der Waals surface area contributed by atoms with Crippen LogP contribution in [-0.4, -0.2) is 37.3 Å². The standard InChI is InChI=1S/C20H20N6O2/c1-25-13-16(12-22-25)19-23-18(24-28-19)17-8-3-2-4-9-26(17)20(27)15-7-5-6-14(10-15)11-21/h5-7,10,12-13,17H,2-4,8-9H2,1H3/t17-/m1/s1. The number of nitrogens with zero attached hydrogens (tertiary/aromatic N) is 6. The topological polar surface area (TPSA) is 101 Å². The maximum absolute atomic E-state index is 13.2. The molecule has 2 aromatic heterocycles. The van der Waals surface area contributed by atoms with E-state index in [9.17, 15) is 4.79 Å². The molecule has 0 bridgehead atoms. The summed E-state index contributed by atoms with van der Waals surface area (Å²) in [5.41, 5.74) is 1.71. The molecule has 28 heavy (non-hydrogen) atoms. The van der Waals surface area contributed by atoms with Crippen molar-refractivity contribution in [2.24, 2.45) is 7.05 Å². The smallest absolute Gasteiger partial charge is 0.261 e. The fourth-order valence-corrected chi connectivity index (χ4v) is 3.53. The van der Waals surface area contributed by atoms with Crippen LogP contribution in [0.2, 0.25) is 0 Å². The Balaban J connectivity index is 1.65. The number of rotatable bonds is 3. The van der Waals surface area contributed by atoms with Crippen LogP contribution in [0.3, 0.4) is 0 Å². The van der Waals surface area contributed by atoms with Crippen LogP contribution in [0.5, 0.6) is 0 Å². The van der Waals surface area contributed by atoms with Crippen molar-refractivity contribution >= 4 is 5.91 Å². The van der Waals surface area contributed by atoms with Gasteiger partial charge in [0.1, 0.15) is 0 Å². The SMILES string of the molecule is Cn1cc(-c2nc([C@H]3CCCCCN3C(=O)c3cccc(C#N)c3)no2)cn1. The maximum atomic E-state index is 13.2. The highest BCUT2D eigenvalue weighted by Gasteiger charge is 2.31. The van der Waals surface area contributed by atoms with E-state index in [-0.39, 0.29) is 11.9 Å². The molecule has 0 N–H and O–H groups in total. The van der Waals surface area contributed by atoms with Crippen molar-refractivity contribution in [2.45, 2.75) is 31.7 Å². The second kappa shape index (κ2) is 7.64. The molecule has 0 spiro atoms. The van der Waals surface area contributed by atoms with Gasteiger partial charge >= 0.3 is 0 Å². The summed E-state index contributed by atoms with van der Waals surface area (Å²) in [5, 5.41) is 17.4. The summed E-state index contributed by atoms with van der Waals surface area (Å²) in [6.07, 6.45) is 7.21. The highest BCUT2D eigenvalue weighted by molar-refractivity contribution is 5.94. The van der Waals surface area contributed by atoms with Crippen LogP contribution < -0.4 is 0 Å². The molecule has 4 rings (SSSR count). The molecule has 1 amide bonds. The van der Waals surface area contributed by atoms with Gasteiger partial charge in [-0.3, -0.25) is 9.48 Å². The summed E-state index contributed by atoms with van der Waals surface area (Å²) in [5.74, 6) is 0.786. The minimum absolute atomic E-state index is 0.114. The Morgan fingerprint density at radius 2 is 2.21 bits per heavy atom. The lowest BCUT2D eigenvalue weighted by atomic mass is 10.1. The van der Waals surface area contributed by atoms with Gasteiger partial charge in [-0.2, -0.15) is 15.3 Å². The first-order valence-electron chi connectivity index (χ1n) is 9.29. The number of aromatic nitrogens is 4. The molecule has 1 fully saturated rings. The number of hydrogen-bond acceptors (Lipinski definition) is 6. The zero-order valence-corrected chi connectivity index (χ0v) is 15.6. The van der Waals surface area contributed by atoms with Crippen molar-refractivity contribution in [1.29, 1.82) is 5.26 Å². The molecule has 8 heteroatoms. The third kappa shape index (κ3) is 3.51. The molecule has 1 aromatic carbocycles. The highest BCUT2D eigenvalue weighted by Crippen LogP contribution is 2.31. The van der Waals surface area contributed by atoms with E-state index in [0.29, 0.717) is 29.4 Å². The Hall–Kier alpha value is -3.47. The summed E-state index contributed by atoms with van der Waals surface area (Å²) in [6.45, 7) is 0.622. The van der Waals surface area contributed by atoms with Crippen LogP contribution in [-0.2, 0) is 7.05 Å². The van der Waals surface area contributed by atoms with Crippen LogP contribution in [0.4, 0.5) is 0 Å². The van der Waals surface area contributed by atoms with E-state index >= 15 is 0 Å². The van der Waals surface area contributed by atoms with Gasteiger partial charge in [0, 0.05) is 25.4 Å². The number of carbonyl (C=O) groups is 1. The van der Waals surface area contributed by atoms with E-state index in [1.807, 2.05) is 7.05 Å². The van der Waals surface area contributed by atoms with Crippen molar-refractivity contribution in [3.05, 3.63) is 53.6 Å². The third-order valence-electron chi connectivity index (χ3n) is 4.94. The fourth-order valence-electron chi connectivity index (χ4n) is 3.53. The molecule has 0 aliphatic carbocycles. The molecule has 1 saturated heterocycles. The zero-order valence-electron chi connectivity index (χ0n) is 15.6. The quantitative estimate of drug-likeness (QED) is 0.696. The number of benzene rings is 1. The van der Waals surface area contributed by atoms with Gasteiger partial charge in [0.2, 0.25) is 0 Å². The molecule has 1 atom stereocenters. The van der Waals surface area contributed by atoms with Crippen molar-refractivity contribution in [3.8, 4) is 17.5 Å². The van der Waals surface area contributed by atoms with Crippen molar-refractivity contribution in [2.75, 3.05) is 6.54 Å². The van der Waals surface area contributed by atoms with Gasteiger partial charge in [0.15, 0.2) is 5.82 Å². The molecule has 1 aliphatic rings. The molecular formula is C20H20N6O2. The minimum Gasteiger partial charge on any atom is -0.334 e. The predicted molar refractivity (Wildman–Crippen MR) is 99.9 cm³/mol. The largest absolute Gasteiger partial charge is 0.334 e. The van der Waals surface area contributed by atoms with E-state index < -0.39 is 0 Å². The first-order valence-corrected chi connectivity index (χ1v) is 9.29. The van der Waals surface area contributed by atoms with Crippen LogP contribution in [0.15, 0.2) is 41.2 Å². The van der Waals surface area contributed by atoms with Crippen LogP contribution in [0.1, 0.15) is 53.5 Å². The number of hydrogen-bond donors (Lipinski definition) is 0. The summed E-state index contributed by atoms with van der Waals surface area (Å²) in [6, 6.07) is 8.62. The lowest BCUT2D eigenvalue weighted by Gasteiger charge is -2.28. The lowest BCUT2D eigenvalue weighted by Crippen LogP contribution is -2.35. The normalized spacial score (nSPS) is 17.1. The molecule has 8 nitrogen and oxygen atoms in total. The molecule has 1 aliphatic heterocycles. The van der Waals surface area contributed by atoms with Crippen LogP contribution in [0, 0.1) is 11.3 Å². The van der Waals surface area contributed by atoms with Crippen LogP contribution >= 0.6 is 0 Å². The lowest BCUT2D eigenvalue weighted by molar-refractivity contribution is 0.0670. The molecular weight excluding hydrogens is 356 g/mol.